The fourth-order valence-corrected chi connectivity index (χ4v) is 4.61. The number of halogens is 2. The highest BCUT2D eigenvalue weighted by Gasteiger charge is 2.17. The molecular weight excluding hydrogens is 600 g/mol. The third-order valence-electron chi connectivity index (χ3n) is 5.98. The molecule has 4 rings (SSSR count). The van der Waals surface area contributed by atoms with Crippen LogP contribution in [0.15, 0.2) is 73.4 Å². The SMILES string of the molecule is CC[C@H](C)c1nc2ccc(Br)cc2c(=O)n1N=Cc1cc(Br)cc(OC)c1OCc1ccccc1C#N. The summed E-state index contributed by atoms with van der Waals surface area (Å²) in [6.07, 6.45) is 2.36. The third-order valence-corrected chi connectivity index (χ3v) is 6.93. The van der Waals surface area contributed by atoms with Crippen LogP contribution in [0.2, 0.25) is 0 Å². The van der Waals surface area contributed by atoms with Crippen molar-refractivity contribution in [2.45, 2.75) is 32.8 Å². The van der Waals surface area contributed by atoms with Gasteiger partial charge >= 0.3 is 0 Å². The Morgan fingerprint density at radius 1 is 1.16 bits per heavy atom. The predicted molar refractivity (Wildman–Crippen MR) is 152 cm³/mol. The Morgan fingerprint density at radius 2 is 1.95 bits per heavy atom. The maximum atomic E-state index is 13.5. The molecule has 1 atom stereocenters. The quantitative estimate of drug-likeness (QED) is 0.202. The lowest BCUT2D eigenvalue weighted by Crippen LogP contribution is -2.23. The zero-order valence-electron chi connectivity index (χ0n) is 20.5. The summed E-state index contributed by atoms with van der Waals surface area (Å²) in [7, 11) is 1.55. The molecule has 9 heteroatoms. The largest absolute Gasteiger partial charge is 0.493 e. The maximum Gasteiger partial charge on any atom is 0.282 e. The lowest BCUT2D eigenvalue weighted by Gasteiger charge is -2.16. The second-order valence-electron chi connectivity index (χ2n) is 8.39. The molecule has 0 saturated heterocycles. The molecule has 3 aromatic carbocycles. The molecule has 0 amide bonds. The zero-order valence-corrected chi connectivity index (χ0v) is 23.7. The standard InChI is InChI=1S/C28H24Br2N4O3/c1-4-17(2)27-33-24-10-9-21(29)12-23(24)28(35)34(27)32-15-20-11-22(30)13-25(36-3)26(20)37-16-19-8-6-5-7-18(19)14-31/h5-13,15,17H,4,16H2,1-3H3/t17-/m0/s1. The molecule has 188 valence electrons. The summed E-state index contributed by atoms with van der Waals surface area (Å²) in [5.74, 6) is 1.51. The van der Waals surface area contributed by atoms with E-state index in [1.165, 1.54) is 4.68 Å². The van der Waals surface area contributed by atoms with Crippen molar-refractivity contribution >= 4 is 49.0 Å². The number of hydrogen-bond acceptors (Lipinski definition) is 6. The van der Waals surface area contributed by atoms with Gasteiger partial charge in [-0.2, -0.15) is 15.0 Å². The van der Waals surface area contributed by atoms with Gasteiger partial charge in [0.05, 0.1) is 35.9 Å². The van der Waals surface area contributed by atoms with Crippen LogP contribution in [0.3, 0.4) is 0 Å². The highest BCUT2D eigenvalue weighted by molar-refractivity contribution is 9.10. The Hall–Kier alpha value is -3.48. The Kier molecular flexibility index (Phi) is 8.41. The molecular formula is C28H24Br2N4O3. The van der Waals surface area contributed by atoms with Gasteiger partial charge in [-0.3, -0.25) is 4.79 Å². The van der Waals surface area contributed by atoms with Crippen LogP contribution in [0.25, 0.3) is 10.9 Å². The number of nitrogens with zero attached hydrogens (tertiary/aromatic N) is 4. The number of rotatable bonds is 8. The normalized spacial score (nSPS) is 12.0. The van der Waals surface area contributed by atoms with Gasteiger partial charge in [0.25, 0.3) is 5.56 Å². The van der Waals surface area contributed by atoms with E-state index in [1.54, 1.807) is 31.5 Å². The fraction of sp³-hybridized carbons (Fsp3) is 0.214. The van der Waals surface area contributed by atoms with E-state index in [2.05, 4.69) is 43.0 Å². The summed E-state index contributed by atoms with van der Waals surface area (Å²) in [6, 6.07) is 18.5. The van der Waals surface area contributed by atoms with E-state index in [1.807, 2.05) is 50.2 Å². The van der Waals surface area contributed by atoms with Crippen LogP contribution in [0.4, 0.5) is 0 Å². The van der Waals surface area contributed by atoms with Crippen molar-refractivity contribution in [3.63, 3.8) is 0 Å². The van der Waals surface area contributed by atoms with Crippen LogP contribution in [-0.4, -0.2) is 23.0 Å². The number of benzene rings is 3. The van der Waals surface area contributed by atoms with Crippen LogP contribution in [0.1, 0.15) is 48.7 Å². The van der Waals surface area contributed by atoms with Crippen molar-refractivity contribution in [3.8, 4) is 17.6 Å². The number of fused-ring (bicyclic) bond motifs is 1. The van der Waals surface area contributed by atoms with Crippen molar-refractivity contribution in [2.24, 2.45) is 5.10 Å². The molecule has 1 heterocycles. The molecule has 0 saturated carbocycles. The molecule has 0 bridgehead atoms. The Labute approximate surface area is 231 Å². The first-order valence-corrected chi connectivity index (χ1v) is 13.2. The van der Waals surface area contributed by atoms with Crippen LogP contribution >= 0.6 is 31.9 Å². The highest BCUT2D eigenvalue weighted by Crippen LogP contribution is 2.35. The number of hydrogen-bond donors (Lipinski definition) is 0. The van der Waals surface area contributed by atoms with Crippen molar-refractivity contribution in [1.82, 2.24) is 9.66 Å². The Bertz CT molecular complexity index is 1590. The monoisotopic (exact) mass is 622 g/mol. The molecule has 0 spiro atoms. The van der Waals surface area contributed by atoms with E-state index in [-0.39, 0.29) is 18.1 Å². The van der Waals surface area contributed by atoms with Gasteiger partial charge in [-0.1, -0.05) is 63.9 Å². The van der Waals surface area contributed by atoms with Gasteiger partial charge < -0.3 is 9.47 Å². The minimum absolute atomic E-state index is 0.00754. The van der Waals surface area contributed by atoms with E-state index in [4.69, 9.17) is 14.5 Å². The molecule has 0 aliphatic rings. The lowest BCUT2D eigenvalue weighted by molar-refractivity contribution is 0.283. The van der Waals surface area contributed by atoms with E-state index in [0.717, 1.165) is 20.9 Å². The summed E-state index contributed by atoms with van der Waals surface area (Å²) in [4.78, 5) is 18.3. The minimum Gasteiger partial charge on any atom is -0.493 e. The molecule has 0 radical (unpaired) electrons. The molecule has 0 fully saturated rings. The molecule has 0 aliphatic carbocycles. The maximum absolute atomic E-state index is 13.5. The third kappa shape index (κ3) is 5.76. The smallest absolute Gasteiger partial charge is 0.282 e. The van der Waals surface area contributed by atoms with Crippen LogP contribution in [0, 0.1) is 11.3 Å². The fourth-order valence-electron chi connectivity index (χ4n) is 3.79. The number of ether oxygens (including phenoxy) is 2. The molecule has 0 N–H and O–H groups in total. The van der Waals surface area contributed by atoms with Crippen LogP contribution in [0.5, 0.6) is 11.5 Å². The highest BCUT2D eigenvalue weighted by atomic mass is 79.9. The lowest BCUT2D eigenvalue weighted by atomic mass is 10.1. The number of aromatic nitrogens is 2. The Balaban J connectivity index is 1.82. The van der Waals surface area contributed by atoms with Crippen molar-refractivity contribution < 1.29 is 9.47 Å². The zero-order chi connectivity index (χ0) is 26.5. The average molecular weight is 624 g/mol. The van der Waals surface area contributed by atoms with Gasteiger partial charge in [0, 0.05) is 26.0 Å². The average Bonchev–Trinajstić information content (AvgIpc) is 2.91. The van der Waals surface area contributed by atoms with Crippen molar-refractivity contribution in [1.29, 1.82) is 5.26 Å². The minimum atomic E-state index is -0.259. The van der Waals surface area contributed by atoms with Crippen molar-refractivity contribution in [3.05, 3.63) is 96.4 Å². The van der Waals surface area contributed by atoms with E-state index < -0.39 is 0 Å². The van der Waals surface area contributed by atoms with Crippen LogP contribution < -0.4 is 15.0 Å². The molecule has 37 heavy (non-hydrogen) atoms. The molecule has 0 aliphatic heterocycles. The first-order chi connectivity index (χ1) is 17.9. The second kappa shape index (κ2) is 11.7. The van der Waals surface area contributed by atoms with E-state index in [9.17, 15) is 10.1 Å². The molecule has 4 aromatic rings. The van der Waals surface area contributed by atoms with Gasteiger partial charge in [0.2, 0.25) is 0 Å². The van der Waals surface area contributed by atoms with Gasteiger partial charge in [-0.05, 0) is 42.8 Å². The summed E-state index contributed by atoms with van der Waals surface area (Å²) in [5, 5.41) is 14.5. The molecule has 7 nitrogen and oxygen atoms in total. The van der Waals surface area contributed by atoms with Gasteiger partial charge in [-0.15, -0.1) is 0 Å². The summed E-state index contributed by atoms with van der Waals surface area (Å²) < 4.78 is 14.6. The first-order valence-electron chi connectivity index (χ1n) is 11.6. The summed E-state index contributed by atoms with van der Waals surface area (Å²) in [6.45, 7) is 4.22. The summed E-state index contributed by atoms with van der Waals surface area (Å²) in [5.41, 5.74) is 2.24. The van der Waals surface area contributed by atoms with Crippen molar-refractivity contribution in [2.75, 3.05) is 7.11 Å². The number of nitriles is 1. The van der Waals surface area contributed by atoms with Gasteiger partial charge in [0.15, 0.2) is 11.5 Å². The first kappa shape index (κ1) is 26.6. The van der Waals surface area contributed by atoms with Crippen LogP contribution in [-0.2, 0) is 6.61 Å². The molecule has 0 unspecified atom stereocenters. The second-order valence-corrected chi connectivity index (χ2v) is 10.2. The predicted octanol–water partition coefficient (Wildman–Crippen LogP) is 6.78. The molecule has 1 aromatic heterocycles. The topological polar surface area (TPSA) is 89.5 Å². The van der Waals surface area contributed by atoms with Gasteiger partial charge in [0.1, 0.15) is 12.4 Å². The van der Waals surface area contributed by atoms with E-state index >= 15 is 0 Å². The Morgan fingerprint density at radius 3 is 2.68 bits per heavy atom. The number of methoxy groups -OCH3 is 1. The summed E-state index contributed by atoms with van der Waals surface area (Å²) >= 11 is 6.95. The van der Waals surface area contributed by atoms with Gasteiger partial charge in [-0.25, -0.2) is 4.98 Å². The van der Waals surface area contributed by atoms with E-state index in [0.29, 0.717) is 39.4 Å².